The van der Waals surface area contributed by atoms with Gasteiger partial charge >= 0.3 is 0 Å². The fourth-order valence-electron chi connectivity index (χ4n) is 2.51. The van der Waals surface area contributed by atoms with Gasteiger partial charge in [-0.3, -0.25) is 9.80 Å². The van der Waals surface area contributed by atoms with E-state index in [1.54, 1.807) is 0 Å². The summed E-state index contributed by atoms with van der Waals surface area (Å²) in [6.07, 6.45) is 0.590. The Bertz CT molecular complexity index is 407. The number of morpholine rings is 1. The first-order valence-corrected chi connectivity index (χ1v) is 6.03. The molecule has 0 saturated carbocycles. The monoisotopic (exact) mass is 232 g/mol. The molecule has 4 nitrogen and oxygen atoms in total. The second-order valence-corrected chi connectivity index (χ2v) is 4.53. The Labute approximate surface area is 101 Å². The summed E-state index contributed by atoms with van der Waals surface area (Å²) in [5, 5.41) is 4.04. The number of carbonyl (C=O) groups is 1. The second-order valence-electron chi connectivity index (χ2n) is 4.53. The van der Waals surface area contributed by atoms with Gasteiger partial charge in [0, 0.05) is 13.0 Å². The Kier molecular flexibility index (Phi) is 2.82. The Hall–Kier alpha value is -1.39. The summed E-state index contributed by atoms with van der Waals surface area (Å²) in [5.41, 5.74) is 1.17. The van der Waals surface area contributed by atoms with Crippen LogP contribution in [0.5, 0.6) is 0 Å². The van der Waals surface area contributed by atoms with Crippen LogP contribution in [0.25, 0.3) is 0 Å². The van der Waals surface area contributed by atoms with E-state index in [2.05, 4.69) is 17.1 Å². The van der Waals surface area contributed by atoms with Gasteiger partial charge in [-0.05, 0) is 5.56 Å². The third-order valence-electron chi connectivity index (χ3n) is 3.38. The molecule has 0 aliphatic carbocycles. The molecule has 0 bridgehead atoms. The standard InChI is InChI=1S/C13H16N2O2/c16-13-8-12-10-17-7-6-14(12)15(13)9-11-4-2-1-3-5-11/h1-5,12H,6-10H2. The van der Waals surface area contributed by atoms with Crippen LogP contribution in [0.2, 0.25) is 0 Å². The number of ether oxygens (including phenoxy) is 1. The molecular formula is C13H16N2O2. The zero-order valence-corrected chi connectivity index (χ0v) is 9.71. The highest BCUT2D eigenvalue weighted by molar-refractivity contribution is 5.78. The van der Waals surface area contributed by atoms with E-state index in [9.17, 15) is 4.79 Å². The van der Waals surface area contributed by atoms with Gasteiger partial charge in [-0.25, -0.2) is 5.01 Å². The van der Waals surface area contributed by atoms with Gasteiger partial charge in [0.15, 0.2) is 0 Å². The zero-order chi connectivity index (χ0) is 11.7. The summed E-state index contributed by atoms with van der Waals surface area (Å²) >= 11 is 0. The van der Waals surface area contributed by atoms with Crippen molar-refractivity contribution in [2.75, 3.05) is 19.8 Å². The highest BCUT2D eigenvalue weighted by atomic mass is 16.5. The van der Waals surface area contributed by atoms with Crippen molar-refractivity contribution in [3.05, 3.63) is 35.9 Å². The summed E-state index contributed by atoms with van der Waals surface area (Å²) in [7, 11) is 0. The molecule has 0 N–H and O–H groups in total. The second kappa shape index (κ2) is 4.47. The van der Waals surface area contributed by atoms with Crippen molar-refractivity contribution >= 4 is 5.91 Å². The predicted molar refractivity (Wildman–Crippen MR) is 62.9 cm³/mol. The minimum absolute atomic E-state index is 0.212. The summed E-state index contributed by atoms with van der Waals surface area (Å²) in [4.78, 5) is 12.0. The van der Waals surface area contributed by atoms with Crippen molar-refractivity contribution in [2.24, 2.45) is 0 Å². The van der Waals surface area contributed by atoms with Crippen LogP contribution in [-0.4, -0.2) is 41.7 Å². The molecule has 1 aromatic carbocycles. The predicted octanol–water partition coefficient (Wildman–Crippen LogP) is 1.03. The van der Waals surface area contributed by atoms with Gasteiger partial charge in [-0.2, -0.15) is 0 Å². The Morgan fingerprint density at radius 1 is 1.29 bits per heavy atom. The lowest BCUT2D eigenvalue weighted by molar-refractivity contribution is -0.145. The van der Waals surface area contributed by atoms with E-state index >= 15 is 0 Å². The number of benzene rings is 1. The number of rotatable bonds is 2. The summed E-state index contributed by atoms with van der Waals surface area (Å²) in [6.45, 7) is 2.89. The molecule has 0 radical (unpaired) electrons. The van der Waals surface area contributed by atoms with Crippen LogP contribution in [0, 0.1) is 0 Å². The summed E-state index contributed by atoms with van der Waals surface area (Å²) in [6, 6.07) is 10.4. The minimum Gasteiger partial charge on any atom is -0.378 e. The van der Waals surface area contributed by atoms with E-state index < -0.39 is 0 Å². The largest absolute Gasteiger partial charge is 0.378 e. The number of amides is 1. The Morgan fingerprint density at radius 3 is 2.94 bits per heavy atom. The first-order valence-electron chi connectivity index (χ1n) is 6.03. The maximum Gasteiger partial charge on any atom is 0.238 e. The van der Waals surface area contributed by atoms with Gasteiger partial charge in [0.05, 0.1) is 25.8 Å². The van der Waals surface area contributed by atoms with Crippen LogP contribution in [-0.2, 0) is 16.1 Å². The maximum atomic E-state index is 12.0. The van der Waals surface area contributed by atoms with Crippen molar-refractivity contribution in [3.8, 4) is 0 Å². The molecule has 3 rings (SSSR count). The molecule has 0 spiro atoms. The van der Waals surface area contributed by atoms with Crippen molar-refractivity contribution in [2.45, 2.75) is 19.0 Å². The van der Waals surface area contributed by atoms with Crippen molar-refractivity contribution in [1.29, 1.82) is 0 Å². The molecule has 2 fully saturated rings. The van der Waals surface area contributed by atoms with E-state index in [4.69, 9.17) is 4.74 Å². The Balaban J connectivity index is 1.76. The summed E-state index contributed by atoms with van der Waals surface area (Å²) < 4.78 is 5.41. The van der Waals surface area contributed by atoms with E-state index in [0.717, 1.165) is 13.2 Å². The first-order chi connectivity index (χ1) is 8.34. The fraction of sp³-hybridized carbons (Fsp3) is 0.462. The van der Waals surface area contributed by atoms with Crippen molar-refractivity contribution < 1.29 is 9.53 Å². The highest BCUT2D eigenvalue weighted by Crippen LogP contribution is 2.24. The number of carbonyl (C=O) groups excluding carboxylic acids is 1. The molecule has 1 aromatic rings. The number of fused-ring (bicyclic) bond motifs is 1. The average Bonchev–Trinajstić information content (AvgIpc) is 2.68. The van der Waals surface area contributed by atoms with Crippen molar-refractivity contribution in [1.82, 2.24) is 10.0 Å². The lowest BCUT2D eigenvalue weighted by Crippen LogP contribution is -2.48. The van der Waals surface area contributed by atoms with Gasteiger partial charge < -0.3 is 4.74 Å². The zero-order valence-electron chi connectivity index (χ0n) is 9.71. The molecule has 2 aliphatic rings. The lowest BCUT2D eigenvalue weighted by Gasteiger charge is -2.35. The molecule has 2 heterocycles. The number of hydrogen-bond acceptors (Lipinski definition) is 3. The van der Waals surface area contributed by atoms with Gasteiger partial charge in [0.1, 0.15) is 0 Å². The van der Waals surface area contributed by atoms with Crippen LogP contribution in [0.3, 0.4) is 0 Å². The SMILES string of the molecule is O=C1CC2COCCN2N1Cc1ccccc1. The average molecular weight is 232 g/mol. The quantitative estimate of drug-likeness (QED) is 0.763. The van der Waals surface area contributed by atoms with Crippen LogP contribution < -0.4 is 0 Å². The third-order valence-corrected chi connectivity index (χ3v) is 3.38. The smallest absolute Gasteiger partial charge is 0.238 e. The number of hydrazine groups is 1. The van der Waals surface area contributed by atoms with Gasteiger partial charge in [-0.1, -0.05) is 30.3 Å². The van der Waals surface area contributed by atoms with Gasteiger partial charge in [-0.15, -0.1) is 0 Å². The first kappa shape index (κ1) is 10.7. The molecule has 1 atom stereocenters. The van der Waals surface area contributed by atoms with E-state index in [1.165, 1.54) is 5.56 Å². The van der Waals surface area contributed by atoms with Crippen LogP contribution in [0.1, 0.15) is 12.0 Å². The Morgan fingerprint density at radius 2 is 2.12 bits per heavy atom. The third kappa shape index (κ3) is 2.06. The molecule has 4 heteroatoms. The molecule has 0 aromatic heterocycles. The fourth-order valence-corrected chi connectivity index (χ4v) is 2.51. The number of hydrogen-bond donors (Lipinski definition) is 0. The van der Waals surface area contributed by atoms with Crippen LogP contribution >= 0.6 is 0 Å². The van der Waals surface area contributed by atoms with Crippen LogP contribution in [0.4, 0.5) is 0 Å². The number of nitrogens with zero attached hydrogens (tertiary/aromatic N) is 2. The molecule has 2 saturated heterocycles. The molecule has 2 aliphatic heterocycles. The topological polar surface area (TPSA) is 32.8 Å². The summed E-state index contributed by atoms with van der Waals surface area (Å²) in [5.74, 6) is 0.212. The highest BCUT2D eigenvalue weighted by Gasteiger charge is 2.39. The van der Waals surface area contributed by atoms with E-state index in [1.807, 2.05) is 23.2 Å². The molecule has 1 amide bonds. The molecule has 1 unspecified atom stereocenters. The molecule has 90 valence electrons. The minimum atomic E-state index is 0.212. The van der Waals surface area contributed by atoms with Gasteiger partial charge in [0.2, 0.25) is 5.91 Å². The van der Waals surface area contributed by atoms with E-state index in [0.29, 0.717) is 19.6 Å². The van der Waals surface area contributed by atoms with E-state index in [-0.39, 0.29) is 11.9 Å². The molecular weight excluding hydrogens is 216 g/mol. The normalized spacial score (nSPS) is 25.1. The van der Waals surface area contributed by atoms with Crippen LogP contribution in [0.15, 0.2) is 30.3 Å². The van der Waals surface area contributed by atoms with Gasteiger partial charge in [0.25, 0.3) is 0 Å². The maximum absolute atomic E-state index is 12.0. The molecule has 17 heavy (non-hydrogen) atoms. The lowest BCUT2D eigenvalue weighted by atomic mass is 10.2. The van der Waals surface area contributed by atoms with Crippen molar-refractivity contribution in [3.63, 3.8) is 0 Å².